The number of urea groups is 1. The highest BCUT2D eigenvalue weighted by Crippen LogP contribution is 2.32. The van der Waals surface area contributed by atoms with Crippen LogP contribution in [0.3, 0.4) is 0 Å². The lowest BCUT2D eigenvalue weighted by Gasteiger charge is -2.47. The number of piperidine rings is 2. The standard InChI is InChI=1S/C19H29N5O2/c25-18-5-4-16-14-23(19(26)22-9-1-2-10-22)12-6-17(16)24(18)11-3-8-21-13-7-20-15-21/h7,13,15-17H,1-6,8-12,14H2/t16-,17+/m0/s1. The molecule has 3 amide bonds. The Morgan fingerprint density at radius 2 is 1.96 bits per heavy atom. The van der Waals surface area contributed by atoms with Gasteiger partial charge in [-0.2, -0.15) is 0 Å². The minimum atomic E-state index is 0.213. The molecule has 0 unspecified atom stereocenters. The van der Waals surface area contributed by atoms with E-state index in [0.29, 0.717) is 18.4 Å². The Morgan fingerprint density at radius 1 is 1.12 bits per heavy atom. The van der Waals surface area contributed by atoms with Crippen molar-refractivity contribution in [2.75, 3.05) is 32.7 Å². The van der Waals surface area contributed by atoms with Crippen molar-refractivity contribution in [2.45, 2.75) is 51.1 Å². The number of likely N-dealkylation sites (tertiary alicyclic amines) is 3. The molecule has 26 heavy (non-hydrogen) atoms. The second-order valence-corrected chi connectivity index (χ2v) is 7.82. The minimum Gasteiger partial charge on any atom is -0.339 e. The Bertz CT molecular complexity index is 626. The largest absolute Gasteiger partial charge is 0.339 e. The lowest BCUT2D eigenvalue weighted by atomic mass is 9.83. The number of fused-ring (bicyclic) bond motifs is 1. The third kappa shape index (κ3) is 3.57. The second kappa shape index (κ2) is 7.68. The molecule has 0 N–H and O–H groups in total. The molecule has 3 saturated heterocycles. The summed E-state index contributed by atoms with van der Waals surface area (Å²) in [6.45, 7) is 5.09. The van der Waals surface area contributed by atoms with Crippen LogP contribution in [0.4, 0.5) is 4.79 Å². The van der Waals surface area contributed by atoms with Crippen molar-refractivity contribution in [1.29, 1.82) is 0 Å². The molecule has 142 valence electrons. The van der Waals surface area contributed by atoms with Gasteiger partial charge in [0.25, 0.3) is 0 Å². The van der Waals surface area contributed by atoms with E-state index in [1.165, 1.54) is 0 Å². The average Bonchev–Trinajstić information content (AvgIpc) is 3.36. The number of hydrogen-bond donors (Lipinski definition) is 0. The number of imidazole rings is 1. The zero-order chi connectivity index (χ0) is 17.9. The normalized spacial score (nSPS) is 26.3. The predicted octanol–water partition coefficient (Wildman–Crippen LogP) is 1.80. The SMILES string of the molecule is O=C(N1CCCC1)N1CC[C@@H]2[C@@H](CCC(=O)N2CCCn2ccnc2)C1. The van der Waals surface area contributed by atoms with Crippen molar-refractivity contribution in [2.24, 2.45) is 5.92 Å². The first-order valence-corrected chi connectivity index (χ1v) is 10.0. The van der Waals surface area contributed by atoms with Gasteiger partial charge in [-0.3, -0.25) is 4.79 Å². The van der Waals surface area contributed by atoms with Crippen LogP contribution in [-0.4, -0.2) is 75.0 Å². The predicted molar refractivity (Wildman–Crippen MR) is 97.5 cm³/mol. The minimum absolute atomic E-state index is 0.213. The van der Waals surface area contributed by atoms with Gasteiger partial charge in [-0.15, -0.1) is 0 Å². The summed E-state index contributed by atoms with van der Waals surface area (Å²) in [5.41, 5.74) is 0. The Hall–Kier alpha value is -2.05. The van der Waals surface area contributed by atoms with Gasteiger partial charge in [-0.1, -0.05) is 0 Å². The molecule has 0 aromatic carbocycles. The van der Waals surface area contributed by atoms with Crippen LogP contribution in [0.25, 0.3) is 0 Å². The number of amides is 3. The molecule has 2 atom stereocenters. The Labute approximate surface area is 154 Å². The molecule has 1 aromatic heterocycles. The highest BCUT2D eigenvalue weighted by Gasteiger charge is 2.40. The fourth-order valence-corrected chi connectivity index (χ4v) is 4.77. The summed E-state index contributed by atoms with van der Waals surface area (Å²) >= 11 is 0. The van der Waals surface area contributed by atoms with E-state index in [1.807, 2.05) is 22.3 Å². The van der Waals surface area contributed by atoms with Crippen LogP contribution >= 0.6 is 0 Å². The number of aryl methyl sites for hydroxylation is 1. The summed E-state index contributed by atoms with van der Waals surface area (Å²) in [6, 6.07) is 0.520. The molecule has 7 nitrogen and oxygen atoms in total. The highest BCUT2D eigenvalue weighted by molar-refractivity contribution is 5.78. The molecule has 1 aromatic rings. The molecule has 3 aliphatic heterocycles. The van der Waals surface area contributed by atoms with Gasteiger partial charge in [0.15, 0.2) is 0 Å². The lowest BCUT2D eigenvalue weighted by Crippen LogP contribution is -2.58. The van der Waals surface area contributed by atoms with E-state index in [1.54, 1.807) is 6.20 Å². The molecule has 0 bridgehead atoms. The average molecular weight is 359 g/mol. The molecule has 0 radical (unpaired) electrons. The van der Waals surface area contributed by atoms with Crippen LogP contribution < -0.4 is 0 Å². The van der Waals surface area contributed by atoms with Gasteiger partial charge in [-0.25, -0.2) is 9.78 Å². The maximum atomic E-state index is 12.7. The third-order valence-electron chi connectivity index (χ3n) is 6.17. The van der Waals surface area contributed by atoms with Gasteiger partial charge in [0.05, 0.1) is 6.33 Å². The first-order valence-electron chi connectivity index (χ1n) is 10.0. The van der Waals surface area contributed by atoms with Crippen LogP contribution in [0.15, 0.2) is 18.7 Å². The van der Waals surface area contributed by atoms with Gasteiger partial charge < -0.3 is 19.3 Å². The van der Waals surface area contributed by atoms with Crippen LogP contribution in [0.1, 0.15) is 38.5 Å². The third-order valence-corrected chi connectivity index (χ3v) is 6.17. The molecule has 7 heteroatoms. The molecule has 4 rings (SSSR count). The summed E-state index contributed by atoms with van der Waals surface area (Å²) in [4.78, 5) is 35.4. The van der Waals surface area contributed by atoms with Gasteiger partial charge in [0, 0.05) is 64.1 Å². The van der Waals surface area contributed by atoms with E-state index in [0.717, 1.165) is 71.4 Å². The second-order valence-electron chi connectivity index (χ2n) is 7.82. The van der Waals surface area contributed by atoms with E-state index in [-0.39, 0.29) is 11.9 Å². The number of carbonyl (C=O) groups is 2. The van der Waals surface area contributed by atoms with Crippen molar-refractivity contribution in [3.05, 3.63) is 18.7 Å². The van der Waals surface area contributed by atoms with Crippen LogP contribution in [0.2, 0.25) is 0 Å². The number of hydrogen-bond acceptors (Lipinski definition) is 3. The summed E-state index contributed by atoms with van der Waals surface area (Å²) in [6.07, 6.45) is 11.2. The van der Waals surface area contributed by atoms with Crippen molar-refractivity contribution in [3.8, 4) is 0 Å². The number of rotatable bonds is 4. The van der Waals surface area contributed by atoms with Crippen molar-refractivity contribution >= 4 is 11.9 Å². The smallest absolute Gasteiger partial charge is 0.320 e. The molecular weight excluding hydrogens is 330 g/mol. The Morgan fingerprint density at radius 3 is 2.73 bits per heavy atom. The molecule has 4 heterocycles. The fourth-order valence-electron chi connectivity index (χ4n) is 4.77. The molecule has 0 spiro atoms. The number of aromatic nitrogens is 2. The van der Waals surface area contributed by atoms with Gasteiger partial charge >= 0.3 is 6.03 Å². The first kappa shape index (κ1) is 17.4. The monoisotopic (exact) mass is 359 g/mol. The maximum Gasteiger partial charge on any atom is 0.320 e. The quantitative estimate of drug-likeness (QED) is 0.824. The van der Waals surface area contributed by atoms with Crippen LogP contribution in [-0.2, 0) is 11.3 Å². The van der Waals surface area contributed by atoms with Gasteiger partial charge in [0.2, 0.25) is 5.91 Å². The van der Waals surface area contributed by atoms with Crippen molar-refractivity contribution < 1.29 is 9.59 Å². The zero-order valence-electron chi connectivity index (χ0n) is 15.4. The van der Waals surface area contributed by atoms with Crippen LogP contribution in [0.5, 0.6) is 0 Å². The van der Waals surface area contributed by atoms with Gasteiger partial charge in [0.1, 0.15) is 0 Å². The summed E-state index contributed by atoms with van der Waals surface area (Å²) < 4.78 is 2.06. The van der Waals surface area contributed by atoms with E-state index in [2.05, 4.69) is 14.5 Å². The molecule has 3 aliphatic rings. The van der Waals surface area contributed by atoms with Crippen molar-refractivity contribution in [1.82, 2.24) is 24.3 Å². The maximum absolute atomic E-state index is 12.7. The number of carbonyl (C=O) groups excluding carboxylic acids is 2. The van der Waals surface area contributed by atoms with Crippen LogP contribution in [0, 0.1) is 5.92 Å². The molecule has 0 aliphatic carbocycles. The van der Waals surface area contributed by atoms with E-state index >= 15 is 0 Å². The number of nitrogens with zero attached hydrogens (tertiary/aromatic N) is 5. The summed E-state index contributed by atoms with van der Waals surface area (Å²) in [5.74, 6) is 0.720. The van der Waals surface area contributed by atoms with E-state index < -0.39 is 0 Å². The lowest BCUT2D eigenvalue weighted by molar-refractivity contribution is -0.140. The first-order chi connectivity index (χ1) is 12.7. The van der Waals surface area contributed by atoms with Crippen molar-refractivity contribution in [3.63, 3.8) is 0 Å². The van der Waals surface area contributed by atoms with E-state index in [4.69, 9.17) is 0 Å². The van der Waals surface area contributed by atoms with Gasteiger partial charge in [-0.05, 0) is 38.0 Å². The zero-order valence-corrected chi connectivity index (χ0v) is 15.4. The summed E-state index contributed by atoms with van der Waals surface area (Å²) in [5, 5.41) is 0. The molecular formula is C19H29N5O2. The summed E-state index contributed by atoms with van der Waals surface area (Å²) in [7, 11) is 0. The molecule has 0 saturated carbocycles. The Kier molecular flexibility index (Phi) is 5.13. The van der Waals surface area contributed by atoms with E-state index in [9.17, 15) is 9.59 Å². The molecule has 3 fully saturated rings. The fraction of sp³-hybridized carbons (Fsp3) is 0.737. The Balaban J connectivity index is 1.33. The highest BCUT2D eigenvalue weighted by atomic mass is 16.2. The topological polar surface area (TPSA) is 61.7 Å².